The van der Waals surface area contributed by atoms with Crippen LogP contribution in [0.3, 0.4) is 0 Å². The Kier molecular flexibility index (Phi) is 11.8. The van der Waals surface area contributed by atoms with Crippen LogP contribution in [-0.2, 0) is 22.7 Å². The molecule has 0 saturated heterocycles. The van der Waals surface area contributed by atoms with Gasteiger partial charge in [-0.15, -0.1) is 10.2 Å². The Bertz CT molecular complexity index is 2630. The van der Waals surface area contributed by atoms with E-state index in [1.54, 1.807) is 57.1 Å². The number of hydrogen-bond donors (Lipinski definition) is 4. The lowest BCUT2D eigenvalue weighted by Gasteiger charge is -2.06. The van der Waals surface area contributed by atoms with Gasteiger partial charge in [0.1, 0.15) is 0 Å². The number of sulfone groups is 1. The smallest absolute Gasteiger partial charge is 0.259 e. The molecule has 0 aliphatic carbocycles. The molecule has 0 fully saturated rings. The Hall–Kier alpha value is -7.27. The van der Waals surface area contributed by atoms with E-state index in [2.05, 4.69) is 55.4 Å². The van der Waals surface area contributed by atoms with Crippen molar-refractivity contribution in [1.82, 2.24) is 59.1 Å². The van der Waals surface area contributed by atoms with Gasteiger partial charge in [-0.05, 0) is 66.9 Å². The van der Waals surface area contributed by atoms with Crippen LogP contribution in [0, 0.1) is 0 Å². The maximum Gasteiger partial charge on any atom is 0.259 e. The predicted molar refractivity (Wildman–Crippen MR) is 201 cm³/mol. The van der Waals surface area contributed by atoms with Gasteiger partial charge >= 0.3 is 0 Å². The fourth-order valence-corrected chi connectivity index (χ4v) is 5.28. The second kappa shape index (κ2) is 17.3. The number of furan rings is 2. The number of anilines is 3. The molecular formula is C33H36N16O6S. The van der Waals surface area contributed by atoms with Crippen molar-refractivity contribution in [1.29, 1.82) is 0 Å². The molecule has 56 heavy (non-hydrogen) atoms. The summed E-state index contributed by atoms with van der Waals surface area (Å²) in [5, 5.41) is 11.0. The molecule has 8 aromatic rings. The first-order valence-corrected chi connectivity index (χ1v) is 18.4. The van der Waals surface area contributed by atoms with Crippen LogP contribution in [0.1, 0.15) is 11.1 Å². The highest BCUT2D eigenvalue weighted by Gasteiger charge is 2.18. The van der Waals surface area contributed by atoms with E-state index in [0.717, 1.165) is 29.2 Å². The maximum absolute atomic E-state index is 11.4. The third kappa shape index (κ3) is 9.44. The standard InChI is InChI=1S/C16H16N8O2.C9H8N6O3S.C8H12N2O/c1-25-12-9-10(4-6-18-12)5-7-19-15-21-14(17)24-16(22-15)20-13(23-24)11-3-2-8-26-11;1-19(16,17)9-12-7(10)15-8(13-9)11-6(14-15)5-3-2-4-18-5;1-11-8-6-7(2-4-9)3-5-10-8/h2-4,6,8-9H,5,7H2,1H3,(H3,17,19,20,21,22,23);2-4H,1H3,(H2,10,11,12,13,14);3,5-6H,2,4,9H2,1H3. The summed E-state index contributed by atoms with van der Waals surface area (Å²) in [6.07, 6.45) is 9.07. The Morgan fingerprint density at radius 1 is 0.732 bits per heavy atom. The summed E-state index contributed by atoms with van der Waals surface area (Å²) in [7, 11) is -0.373. The highest BCUT2D eigenvalue weighted by Crippen LogP contribution is 2.19. The average Bonchev–Trinajstić information content (AvgIpc) is 4.02. The number of pyridine rings is 2. The molecule has 0 aliphatic rings. The largest absolute Gasteiger partial charge is 0.481 e. The Morgan fingerprint density at radius 3 is 1.77 bits per heavy atom. The van der Waals surface area contributed by atoms with Crippen molar-refractivity contribution in [3.8, 4) is 34.9 Å². The first-order valence-electron chi connectivity index (χ1n) is 16.5. The normalized spacial score (nSPS) is 11.1. The van der Waals surface area contributed by atoms with Gasteiger partial charge in [0.25, 0.3) is 16.7 Å². The van der Waals surface area contributed by atoms with Crippen LogP contribution < -0.4 is 32.0 Å². The Labute approximate surface area is 318 Å². The molecule has 0 aromatic carbocycles. The molecule has 8 rings (SSSR count). The van der Waals surface area contributed by atoms with Gasteiger partial charge in [-0.3, -0.25) is 0 Å². The minimum atomic E-state index is -3.57. The third-order valence-electron chi connectivity index (χ3n) is 7.41. The number of methoxy groups -OCH3 is 2. The molecule has 0 spiro atoms. The van der Waals surface area contributed by atoms with Gasteiger partial charge in [-0.1, -0.05) is 0 Å². The summed E-state index contributed by atoms with van der Waals surface area (Å²) in [6.45, 7) is 1.27. The van der Waals surface area contributed by atoms with Crippen molar-refractivity contribution in [3.05, 3.63) is 84.6 Å². The summed E-state index contributed by atoms with van der Waals surface area (Å²) in [5.74, 6) is 3.68. The van der Waals surface area contributed by atoms with Crippen LogP contribution in [0.5, 0.6) is 11.8 Å². The first-order chi connectivity index (χ1) is 27.0. The third-order valence-corrected chi connectivity index (χ3v) is 8.25. The van der Waals surface area contributed by atoms with E-state index in [9.17, 15) is 8.42 Å². The molecule has 23 heteroatoms. The molecule has 0 unspecified atom stereocenters. The van der Waals surface area contributed by atoms with Crippen molar-refractivity contribution >= 4 is 39.2 Å². The zero-order valence-electron chi connectivity index (χ0n) is 30.2. The van der Waals surface area contributed by atoms with E-state index in [1.807, 2.05) is 24.3 Å². The van der Waals surface area contributed by atoms with Gasteiger partial charge in [0.15, 0.2) is 11.5 Å². The second-order valence-electron chi connectivity index (χ2n) is 11.4. The number of nitrogens with one attached hydrogen (secondary N) is 1. The fraction of sp³-hybridized carbons (Fsp3) is 0.212. The van der Waals surface area contributed by atoms with Crippen LogP contribution in [0.4, 0.5) is 17.8 Å². The Morgan fingerprint density at radius 2 is 1.27 bits per heavy atom. The van der Waals surface area contributed by atoms with E-state index in [1.165, 1.54) is 16.3 Å². The van der Waals surface area contributed by atoms with E-state index >= 15 is 0 Å². The van der Waals surface area contributed by atoms with Gasteiger partial charge in [-0.25, -0.2) is 18.4 Å². The number of rotatable bonds is 11. The van der Waals surface area contributed by atoms with E-state index < -0.39 is 15.0 Å². The molecule has 0 aliphatic heterocycles. The van der Waals surface area contributed by atoms with E-state index in [0.29, 0.717) is 53.9 Å². The van der Waals surface area contributed by atoms with Crippen molar-refractivity contribution < 1.29 is 26.7 Å². The van der Waals surface area contributed by atoms with Gasteiger partial charge in [0.2, 0.25) is 51.1 Å². The predicted octanol–water partition coefficient (Wildman–Crippen LogP) is 1.78. The second-order valence-corrected chi connectivity index (χ2v) is 13.3. The van der Waals surface area contributed by atoms with Gasteiger partial charge in [0.05, 0.1) is 26.7 Å². The van der Waals surface area contributed by atoms with Gasteiger partial charge in [-0.2, -0.15) is 38.9 Å². The van der Waals surface area contributed by atoms with Crippen molar-refractivity contribution in [2.75, 3.05) is 50.3 Å². The summed E-state index contributed by atoms with van der Waals surface area (Å²) in [4.78, 5) is 32.5. The fourth-order valence-electron chi connectivity index (χ4n) is 4.78. The molecular weight excluding hydrogens is 749 g/mol. The molecule has 0 amide bonds. The lowest BCUT2D eigenvalue weighted by Crippen LogP contribution is -2.12. The molecule has 0 bridgehead atoms. The minimum Gasteiger partial charge on any atom is -0.481 e. The number of ether oxygens (including phenoxy) is 2. The highest BCUT2D eigenvalue weighted by molar-refractivity contribution is 7.90. The van der Waals surface area contributed by atoms with Crippen LogP contribution in [0.25, 0.3) is 34.7 Å². The van der Waals surface area contributed by atoms with Crippen LogP contribution in [-0.4, -0.2) is 101 Å². The average molecular weight is 785 g/mol. The lowest BCUT2D eigenvalue weighted by molar-refractivity contribution is 0.397. The maximum atomic E-state index is 11.4. The lowest BCUT2D eigenvalue weighted by atomic mass is 10.2. The molecule has 7 N–H and O–H groups in total. The Balaban J connectivity index is 0.000000155. The summed E-state index contributed by atoms with van der Waals surface area (Å²) >= 11 is 0. The molecule has 22 nitrogen and oxygen atoms in total. The van der Waals surface area contributed by atoms with Crippen molar-refractivity contribution in [2.45, 2.75) is 18.0 Å². The number of hydrogen-bond acceptors (Lipinski definition) is 20. The topological polar surface area (TPSA) is 307 Å². The van der Waals surface area contributed by atoms with Gasteiger partial charge in [0, 0.05) is 37.3 Å². The molecule has 0 atom stereocenters. The zero-order chi connectivity index (χ0) is 39.7. The molecule has 8 aromatic heterocycles. The number of aromatic nitrogens is 12. The minimum absolute atomic E-state index is 0.0410. The summed E-state index contributed by atoms with van der Waals surface area (Å²) in [6, 6.07) is 14.5. The van der Waals surface area contributed by atoms with E-state index in [4.69, 9.17) is 35.5 Å². The quantitative estimate of drug-likeness (QED) is 0.145. The van der Waals surface area contributed by atoms with Crippen molar-refractivity contribution in [3.63, 3.8) is 0 Å². The van der Waals surface area contributed by atoms with Crippen LogP contribution >= 0.6 is 0 Å². The monoisotopic (exact) mass is 784 g/mol. The first kappa shape index (κ1) is 38.5. The summed E-state index contributed by atoms with van der Waals surface area (Å²) in [5.41, 5.74) is 19.2. The zero-order valence-corrected chi connectivity index (χ0v) is 31.0. The molecule has 8 heterocycles. The molecule has 0 saturated carbocycles. The SMILES string of the molecule is COc1cc(CCN)ccn1.COc1cc(CCNc2nc(N)n3nc(-c4ccco4)nc3n2)ccn1.CS(=O)(=O)c1nc(N)n2nc(-c3ccco3)nc2n1. The summed E-state index contributed by atoms with van der Waals surface area (Å²) < 4.78 is 45.8. The highest BCUT2D eigenvalue weighted by atomic mass is 32.2. The number of nitrogens with two attached hydrogens (primary N) is 3. The molecule has 290 valence electrons. The number of nitrogens with zero attached hydrogens (tertiary/aromatic N) is 12. The van der Waals surface area contributed by atoms with Crippen molar-refractivity contribution in [2.24, 2.45) is 5.73 Å². The van der Waals surface area contributed by atoms with Crippen LogP contribution in [0.15, 0.2) is 87.4 Å². The van der Waals surface area contributed by atoms with Gasteiger partial charge < -0.3 is 40.8 Å². The number of fused-ring (bicyclic) bond motifs is 2. The van der Waals surface area contributed by atoms with E-state index in [-0.39, 0.29) is 23.5 Å². The number of nitrogen functional groups attached to an aromatic ring is 2. The van der Waals surface area contributed by atoms with Crippen LogP contribution in [0.2, 0.25) is 0 Å². The molecule has 0 radical (unpaired) electrons.